The number of hydrogen-bond acceptors (Lipinski definition) is 3. The summed E-state index contributed by atoms with van der Waals surface area (Å²) in [5.41, 5.74) is 2.71. The van der Waals surface area contributed by atoms with Gasteiger partial charge in [-0.2, -0.15) is 0 Å². The number of halogens is 1. The Hall–Kier alpha value is -2.63. The second kappa shape index (κ2) is 8.80. The molecule has 1 fully saturated rings. The van der Waals surface area contributed by atoms with Crippen molar-refractivity contribution in [3.63, 3.8) is 0 Å². The van der Waals surface area contributed by atoms with Crippen LogP contribution < -0.4 is 5.32 Å². The SMILES string of the molecule is Cc1ccc(NC(=O)[C@H](c2ccccc2)N2CCC(c3ncc[nH]3)CC2)cc1Cl. The number of carbonyl (C=O) groups is 1. The van der Waals surface area contributed by atoms with Gasteiger partial charge in [0.05, 0.1) is 0 Å². The van der Waals surface area contributed by atoms with Gasteiger partial charge in [0.2, 0.25) is 5.91 Å². The van der Waals surface area contributed by atoms with Crippen molar-refractivity contribution in [2.45, 2.75) is 31.7 Å². The lowest BCUT2D eigenvalue weighted by Gasteiger charge is -2.36. The lowest BCUT2D eigenvalue weighted by atomic mass is 9.93. The molecule has 6 heteroatoms. The Bertz CT molecular complexity index is 950. The number of aromatic nitrogens is 2. The highest BCUT2D eigenvalue weighted by molar-refractivity contribution is 6.31. The van der Waals surface area contributed by atoms with Gasteiger partial charge in [-0.15, -0.1) is 0 Å². The Morgan fingerprint density at radius 1 is 1.21 bits per heavy atom. The molecule has 1 amide bonds. The van der Waals surface area contributed by atoms with E-state index in [4.69, 9.17) is 11.6 Å². The maximum atomic E-state index is 13.3. The minimum absolute atomic E-state index is 0.0347. The molecule has 1 aromatic heterocycles. The third kappa shape index (κ3) is 4.52. The summed E-state index contributed by atoms with van der Waals surface area (Å²) in [5.74, 6) is 1.42. The fourth-order valence-electron chi connectivity index (χ4n) is 3.98. The molecule has 2 N–H and O–H groups in total. The number of nitrogens with one attached hydrogen (secondary N) is 2. The number of likely N-dealkylation sites (tertiary alicyclic amines) is 1. The van der Waals surface area contributed by atoms with E-state index >= 15 is 0 Å². The van der Waals surface area contributed by atoms with Crippen LogP contribution in [0.25, 0.3) is 0 Å². The number of H-pyrrole nitrogens is 1. The number of rotatable bonds is 5. The summed E-state index contributed by atoms with van der Waals surface area (Å²) in [5, 5.41) is 3.71. The van der Waals surface area contributed by atoms with E-state index in [1.807, 2.05) is 55.6 Å². The van der Waals surface area contributed by atoms with Crippen LogP contribution in [0.15, 0.2) is 60.9 Å². The molecule has 0 unspecified atom stereocenters. The highest BCUT2D eigenvalue weighted by atomic mass is 35.5. The van der Waals surface area contributed by atoms with Crippen LogP contribution in [-0.4, -0.2) is 33.9 Å². The number of carbonyl (C=O) groups excluding carboxylic acids is 1. The quantitative estimate of drug-likeness (QED) is 0.629. The Kier molecular flexibility index (Phi) is 5.97. The van der Waals surface area contributed by atoms with Gasteiger partial charge in [-0.05, 0) is 56.1 Å². The molecule has 150 valence electrons. The first kappa shape index (κ1) is 19.7. The summed E-state index contributed by atoms with van der Waals surface area (Å²) >= 11 is 6.24. The maximum absolute atomic E-state index is 13.3. The second-order valence-electron chi connectivity index (χ2n) is 7.55. The fourth-order valence-corrected chi connectivity index (χ4v) is 4.16. The van der Waals surface area contributed by atoms with Crippen LogP contribution in [0.4, 0.5) is 5.69 Å². The Morgan fingerprint density at radius 3 is 2.62 bits per heavy atom. The topological polar surface area (TPSA) is 61.0 Å². The first-order valence-corrected chi connectivity index (χ1v) is 10.3. The Balaban J connectivity index is 1.52. The molecular weight excluding hydrogens is 384 g/mol. The summed E-state index contributed by atoms with van der Waals surface area (Å²) in [6.45, 7) is 3.63. The molecule has 0 saturated carbocycles. The van der Waals surface area contributed by atoms with E-state index in [9.17, 15) is 4.79 Å². The molecule has 0 bridgehead atoms. The van der Waals surface area contributed by atoms with Crippen LogP contribution in [0.5, 0.6) is 0 Å². The van der Waals surface area contributed by atoms with Crippen molar-refractivity contribution in [2.75, 3.05) is 18.4 Å². The zero-order valence-electron chi connectivity index (χ0n) is 16.4. The number of hydrogen-bond donors (Lipinski definition) is 2. The van der Waals surface area contributed by atoms with E-state index in [1.54, 1.807) is 12.3 Å². The zero-order chi connectivity index (χ0) is 20.2. The van der Waals surface area contributed by atoms with Crippen LogP contribution >= 0.6 is 11.6 Å². The van der Waals surface area contributed by atoms with Crippen molar-refractivity contribution < 1.29 is 4.79 Å². The van der Waals surface area contributed by atoms with Gasteiger partial charge in [0.15, 0.2) is 0 Å². The molecule has 1 saturated heterocycles. The van der Waals surface area contributed by atoms with Crippen molar-refractivity contribution >= 4 is 23.2 Å². The van der Waals surface area contributed by atoms with Gasteiger partial charge in [-0.1, -0.05) is 48.0 Å². The summed E-state index contributed by atoms with van der Waals surface area (Å²) in [4.78, 5) is 23.2. The number of benzene rings is 2. The number of aryl methyl sites for hydroxylation is 1. The zero-order valence-corrected chi connectivity index (χ0v) is 17.2. The van der Waals surface area contributed by atoms with Gasteiger partial charge in [0.25, 0.3) is 0 Å². The van der Waals surface area contributed by atoms with Crippen LogP contribution in [0, 0.1) is 6.92 Å². The lowest BCUT2D eigenvalue weighted by molar-refractivity contribution is -0.122. The molecule has 0 radical (unpaired) electrons. The molecule has 1 aliphatic heterocycles. The van der Waals surface area contributed by atoms with Crippen molar-refractivity contribution in [3.8, 4) is 0 Å². The highest BCUT2D eigenvalue weighted by Crippen LogP contribution is 2.32. The summed E-state index contributed by atoms with van der Waals surface area (Å²) in [7, 11) is 0. The molecule has 5 nitrogen and oxygen atoms in total. The number of aromatic amines is 1. The van der Waals surface area contributed by atoms with E-state index in [-0.39, 0.29) is 11.9 Å². The predicted molar refractivity (Wildman–Crippen MR) is 116 cm³/mol. The summed E-state index contributed by atoms with van der Waals surface area (Å²) < 4.78 is 0. The van der Waals surface area contributed by atoms with Gasteiger partial charge < -0.3 is 10.3 Å². The molecule has 29 heavy (non-hydrogen) atoms. The van der Waals surface area contributed by atoms with Crippen LogP contribution in [0.3, 0.4) is 0 Å². The third-order valence-electron chi connectivity index (χ3n) is 5.60. The predicted octanol–water partition coefficient (Wildman–Crippen LogP) is 4.93. The number of amides is 1. The van der Waals surface area contributed by atoms with E-state index in [2.05, 4.69) is 20.2 Å². The van der Waals surface area contributed by atoms with Crippen molar-refractivity contribution in [3.05, 3.63) is 82.9 Å². The van der Waals surface area contributed by atoms with Crippen molar-refractivity contribution in [1.29, 1.82) is 0 Å². The lowest BCUT2D eigenvalue weighted by Crippen LogP contribution is -2.41. The Labute approximate surface area is 176 Å². The number of piperidine rings is 1. The fraction of sp³-hybridized carbons (Fsp3) is 0.304. The van der Waals surface area contributed by atoms with Crippen molar-refractivity contribution in [2.24, 2.45) is 0 Å². The van der Waals surface area contributed by atoms with Gasteiger partial charge in [-0.25, -0.2) is 4.98 Å². The molecule has 2 aromatic carbocycles. The first-order valence-electron chi connectivity index (χ1n) is 9.97. The summed E-state index contributed by atoms with van der Waals surface area (Å²) in [6, 6.07) is 15.3. The van der Waals surface area contributed by atoms with Crippen LogP contribution in [-0.2, 0) is 4.79 Å². The number of imidazole rings is 1. The Morgan fingerprint density at radius 2 is 1.97 bits per heavy atom. The summed E-state index contributed by atoms with van der Waals surface area (Å²) in [6.07, 6.45) is 5.62. The van der Waals surface area contributed by atoms with Gasteiger partial charge in [0, 0.05) is 29.0 Å². The monoisotopic (exact) mass is 408 g/mol. The van der Waals surface area contributed by atoms with Crippen LogP contribution in [0.1, 0.15) is 41.8 Å². The van der Waals surface area contributed by atoms with Crippen LogP contribution in [0.2, 0.25) is 5.02 Å². The molecule has 0 aliphatic carbocycles. The molecule has 4 rings (SSSR count). The molecule has 2 heterocycles. The maximum Gasteiger partial charge on any atom is 0.246 e. The van der Waals surface area contributed by atoms with E-state index in [1.165, 1.54) is 0 Å². The van der Waals surface area contributed by atoms with Crippen molar-refractivity contribution in [1.82, 2.24) is 14.9 Å². The normalized spacial score (nSPS) is 16.5. The molecule has 1 aliphatic rings. The van der Waals surface area contributed by atoms with E-state index < -0.39 is 0 Å². The number of anilines is 1. The van der Waals surface area contributed by atoms with Gasteiger partial charge >= 0.3 is 0 Å². The van der Waals surface area contributed by atoms with Gasteiger partial charge in [0.1, 0.15) is 11.9 Å². The standard InChI is InChI=1S/C23H25ClN4O/c1-16-7-8-19(15-20(16)24)27-23(29)21(17-5-3-2-4-6-17)28-13-9-18(10-14-28)22-25-11-12-26-22/h2-8,11-12,15,18,21H,9-10,13-14H2,1H3,(H,25,26)(H,27,29)/t21-/m0/s1. The number of nitrogens with zero attached hydrogens (tertiary/aromatic N) is 2. The minimum Gasteiger partial charge on any atom is -0.348 e. The van der Waals surface area contributed by atoms with Gasteiger partial charge in [-0.3, -0.25) is 9.69 Å². The largest absolute Gasteiger partial charge is 0.348 e. The first-order chi connectivity index (χ1) is 14.1. The molecular formula is C23H25ClN4O. The average molecular weight is 409 g/mol. The van der Waals surface area contributed by atoms with E-state index in [0.717, 1.165) is 48.6 Å². The second-order valence-corrected chi connectivity index (χ2v) is 7.96. The molecule has 1 atom stereocenters. The highest BCUT2D eigenvalue weighted by Gasteiger charge is 2.32. The molecule has 3 aromatic rings. The average Bonchev–Trinajstić information content (AvgIpc) is 3.27. The molecule has 0 spiro atoms. The third-order valence-corrected chi connectivity index (χ3v) is 6.01. The smallest absolute Gasteiger partial charge is 0.246 e. The van der Waals surface area contributed by atoms with E-state index in [0.29, 0.717) is 10.9 Å². The minimum atomic E-state index is -0.339.